The van der Waals surface area contributed by atoms with Crippen molar-refractivity contribution < 1.29 is 14.2 Å². The molecule has 74 valence electrons. The minimum absolute atomic E-state index is 0.194. The maximum Gasteiger partial charge on any atom is 0.171 e. The maximum atomic E-state index is 5.80. The van der Waals surface area contributed by atoms with Crippen molar-refractivity contribution in [3.05, 3.63) is 0 Å². The third-order valence-corrected chi connectivity index (χ3v) is 3.79. The smallest absolute Gasteiger partial charge is 0.171 e. The van der Waals surface area contributed by atoms with Crippen LogP contribution in [0.1, 0.15) is 20.3 Å². The van der Waals surface area contributed by atoms with E-state index in [1.54, 1.807) is 0 Å². The summed E-state index contributed by atoms with van der Waals surface area (Å²) in [5, 5.41) is 0. The summed E-state index contributed by atoms with van der Waals surface area (Å²) in [7, 11) is 0. The van der Waals surface area contributed by atoms with E-state index in [1.807, 2.05) is 0 Å². The van der Waals surface area contributed by atoms with Crippen LogP contribution in [-0.4, -0.2) is 31.7 Å². The maximum absolute atomic E-state index is 5.80. The molecule has 3 rings (SSSR count). The molecule has 0 saturated carbocycles. The molecule has 3 heterocycles. The van der Waals surface area contributed by atoms with Crippen molar-refractivity contribution in [2.24, 2.45) is 11.3 Å². The fourth-order valence-electron chi connectivity index (χ4n) is 3.19. The van der Waals surface area contributed by atoms with Crippen LogP contribution in [0.25, 0.3) is 0 Å². The lowest BCUT2D eigenvalue weighted by Gasteiger charge is -2.38. The zero-order valence-corrected chi connectivity index (χ0v) is 8.21. The Balaban J connectivity index is 2.01. The summed E-state index contributed by atoms with van der Waals surface area (Å²) in [5.41, 5.74) is 0.194. The Bertz CT molecular complexity index is 242. The predicted octanol–water partition coefficient (Wildman–Crippen LogP) is 1.17. The lowest BCUT2D eigenvalue weighted by Crippen LogP contribution is -2.47. The van der Waals surface area contributed by atoms with Gasteiger partial charge in [0.2, 0.25) is 0 Å². The van der Waals surface area contributed by atoms with Gasteiger partial charge in [0.25, 0.3) is 0 Å². The van der Waals surface area contributed by atoms with Gasteiger partial charge in [-0.1, -0.05) is 6.92 Å². The Morgan fingerprint density at radius 1 is 1.15 bits per heavy atom. The number of hydrogen-bond donors (Lipinski definition) is 0. The van der Waals surface area contributed by atoms with Crippen LogP contribution in [0.2, 0.25) is 0 Å². The summed E-state index contributed by atoms with van der Waals surface area (Å²) in [6, 6.07) is 0. The molecule has 3 heteroatoms. The third-order valence-electron chi connectivity index (χ3n) is 3.79. The second-order valence-corrected chi connectivity index (χ2v) is 4.92. The minimum atomic E-state index is -0.367. The Morgan fingerprint density at radius 2 is 2.00 bits per heavy atom. The van der Waals surface area contributed by atoms with Crippen molar-refractivity contribution in [2.45, 2.75) is 32.2 Å². The van der Waals surface area contributed by atoms with Crippen molar-refractivity contribution in [3.63, 3.8) is 0 Å². The zero-order chi connectivity index (χ0) is 9.10. The number of hydrogen-bond acceptors (Lipinski definition) is 3. The van der Waals surface area contributed by atoms with Crippen molar-refractivity contribution in [3.8, 4) is 0 Å². The van der Waals surface area contributed by atoms with Crippen LogP contribution in [0.5, 0.6) is 0 Å². The molecule has 0 spiro atoms. The largest absolute Gasteiger partial charge is 0.377 e. The quantitative estimate of drug-likeness (QED) is 0.565. The third kappa shape index (κ3) is 0.901. The Kier molecular flexibility index (Phi) is 1.43. The van der Waals surface area contributed by atoms with Gasteiger partial charge in [-0.15, -0.1) is 0 Å². The normalized spacial score (nSPS) is 59.5. The molecule has 3 aliphatic heterocycles. The first-order chi connectivity index (χ1) is 6.14. The van der Waals surface area contributed by atoms with Crippen molar-refractivity contribution >= 4 is 0 Å². The van der Waals surface area contributed by atoms with Gasteiger partial charge in [-0.05, 0) is 13.3 Å². The van der Waals surface area contributed by atoms with Crippen LogP contribution in [0.15, 0.2) is 0 Å². The first kappa shape index (κ1) is 8.21. The molecule has 3 nitrogen and oxygen atoms in total. The molecule has 0 N–H and O–H groups in total. The molecule has 3 fully saturated rings. The van der Waals surface area contributed by atoms with Crippen LogP contribution >= 0.6 is 0 Å². The van der Waals surface area contributed by atoms with Gasteiger partial charge in [-0.3, -0.25) is 0 Å². The SMILES string of the molecule is CC12COC3CCOC(C)(OC1)C32. The average molecular weight is 184 g/mol. The van der Waals surface area contributed by atoms with E-state index < -0.39 is 0 Å². The lowest BCUT2D eigenvalue weighted by molar-refractivity contribution is -0.255. The standard InChI is InChI=1S/C10H16O3/c1-9-5-11-7-3-4-12-10(2,8(7)9)13-6-9/h7-8H,3-6H2,1-2H3. The van der Waals surface area contributed by atoms with Crippen molar-refractivity contribution in [1.82, 2.24) is 0 Å². The highest BCUT2D eigenvalue weighted by molar-refractivity contribution is 5.05. The van der Waals surface area contributed by atoms with Crippen LogP contribution in [-0.2, 0) is 14.2 Å². The molecule has 0 amide bonds. The second kappa shape index (κ2) is 2.27. The van der Waals surface area contributed by atoms with Gasteiger partial charge in [-0.2, -0.15) is 0 Å². The van der Waals surface area contributed by atoms with Crippen molar-refractivity contribution in [1.29, 1.82) is 0 Å². The van der Waals surface area contributed by atoms with Gasteiger partial charge in [0.05, 0.1) is 25.9 Å². The van der Waals surface area contributed by atoms with Gasteiger partial charge in [0.1, 0.15) is 0 Å². The molecule has 0 aromatic carbocycles. The first-order valence-electron chi connectivity index (χ1n) is 5.04. The van der Waals surface area contributed by atoms with E-state index in [4.69, 9.17) is 14.2 Å². The van der Waals surface area contributed by atoms with E-state index in [2.05, 4.69) is 13.8 Å². The van der Waals surface area contributed by atoms with Crippen LogP contribution in [0.4, 0.5) is 0 Å². The lowest BCUT2D eigenvalue weighted by atomic mass is 9.74. The number of rotatable bonds is 0. The van der Waals surface area contributed by atoms with Crippen LogP contribution < -0.4 is 0 Å². The van der Waals surface area contributed by atoms with Gasteiger partial charge >= 0.3 is 0 Å². The second-order valence-electron chi connectivity index (χ2n) is 4.92. The molecule has 0 radical (unpaired) electrons. The summed E-state index contributed by atoms with van der Waals surface area (Å²) in [4.78, 5) is 0. The minimum Gasteiger partial charge on any atom is -0.377 e. The average Bonchev–Trinajstić information content (AvgIpc) is 2.56. The fraction of sp³-hybridized carbons (Fsp3) is 1.00. The van der Waals surface area contributed by atoms with Crippen molar-refractivity contribution in [2.75, 3.05) is 19.8 Å². The molecule has 3 aliphatic rings. The van der Waals surface area contributed by atoms with E-state index in [-0.39, 0.29) is 11.2 Å². The molecule has 4 atom stereocenters. The summed E-state index contributed by atoms with van der Waals surface area (Å²) >= 11 is 0. The summed E-state index contributed by atoms with van der Waals surface area (Å²) < 4.78 is 17.3. The molecule has 0 bridgehead atoms. The molecule has 0 aromatic rings. The summed E-state index contributed by atoms with van der Waals surface area (Å²) in [6.45, 7) is 6.70. The monoisotopic (exact) mass is 184 g/mol. The topological polar surface area (TPSA) is 27.7 Å². The fourth-order valence-corrected chi connectivity index (χ4v) is 3.19. The van der Waals surface area contributed by atoms with Crippen LogP contribution in [0, 0.1) is 11.3 Å². The Morgan fingerprint density at radius 3 is 2.85 bits per heavy atom. The highest BCUT2D eigenvalue weighted by Gasteiger charge is 2.63. The Hall–Kier alpha value is -0.120. The van der Waals surface area contributed by atoms with E-state index in [9.17, 15) is 0 Å². The molecule has 4 unspecified atom stereocenters. The van der Waals surface area contributed by atoms with E-state index in [1.165, 1.54) is 0 Å². The first-order valence-corrected chi connectivity index (χ1v) is 5.04. The van der Waals surface area contributed by atoms with E-state index in [0.29, 0.717) is 12.0 Å². The molecular formula is C10H16O3. The predicted molar refractivity (Wildman–Crippen MR) is 46.3 cm³/mol. The van der Waals surface area contributed by atoms with Gasteiger partial charge in [-0.25, -0.2) is 0 Å². The van der Waals surface area contributed by atoms with Gasteiger partial charge in [0.15, 0.2) is 5.79 Å². The van der Waals surface area contributed by atoms with E-state index >= 15 is 0 Å². The molecule has 0 aliphatic carbocycles. The molecule has 13 heavy (non-hydrogen) atoms. The highest BCUT2D eigenvalue weighted by Crippen LogP contribution is 2.54. The molecule has 3 saturated heterocycles. The van der Waals surface area contributed by atoms with Gasteiger partial charge in [0, 0.05) is 11.3 Å². The molecular weight excluding hydrogens is 168 g/mol. The Labute approximate surface area is 78.3 Å². The summed E-state index contributed by atoms with van der Waals surface area (Å²) in [5.74, 6) is 0.0718. The molecule has 0 aromatic heterocycles. The zero-order valence-electron chi connectivity index (χ0n) is 8.21. The number of ether oxygens (including phenoxy) is 3. The van der Waals surface area contributed by atoms with Gasteiger partial charge < -0.3 is 14.2 Å². The van der Waals surface area contributed by atoms with Crippen LogP contribution in [0.3, 0.4) is 0 Å². The highest BCUT2D eigenvalue weighted by atomic mass is 16.7. The summed E-state index contributed by atoms with van der Waals surface area (Å²) in [6.07, 6.45) is 1.39. The van der Waals surface area contributed by atoms with E-state index in [0.717, 1.165) is 26.2 Å².